The van der Waals surface area contributed by atoms with Crippen molar-refractivity contribution in [3.63, 3.8) is 0 Å². The number of hydrogen-bond donors (Lipinski definition) is 2. The first-order valence-corrected chi connectivity index (χ1v) is 28.7. The molecule has 9 aliphatic rings. The predicted octanol–water partition coefficient (Wildman–Crippen LogP) is 11.7. The average molecular weight is 701 g/mol. The third-order valence-corrected chi connectivity index (χ3v) is 24.8. The van der Waals surface area contributed by atoms with Gasteiger partial charge in [0.1, 0.15) is 0 Å². The van der Waals surface area contributed by atoms with Gasteiger partial charge in [0.05, 0.1) is 21.3 Å². The third-order valence-electron chi connectivity index (χ3n) is 15.0. The van der Waals surface area contributed by atoms with Crippen molar-refractivity contribution >= 4 is 33.3 Å². The van der Waals surface area contributed by atoms with Crippen LogP contribution in [0.25, 0.3) is 0 Å². The van der Waals surface area contributed by atoms with Gasteiger partial charge in [0.2, 0.25) is 0 Å². The van der Waals surface area contributed by atoms with Crippen molar-refractivity contribution < 1.29 is 0 Å². The third kappa shape index (κ3) is 5.09. The van der Waals surface area contributed by atoms with Crippen LogP contribution in [0.2, 0.25) is 44.8 Å². The molecule has 2 unspecified atom stereocenters. The second-order valence-electron chi connectivity index (χ2n) is 20.4. The van der Waals surface area contributed by atoms with Crippen molar-refractivity contribution in [1.29, 1.82) is 0 Å². The quantitative estimate of drug-likeness (QED) is 0.193. The summed E-state index contributed by atoms with van der Waals surface area (Å²) in [5, 5.41) is 2.91. The highest BCUT2D eigenvalue weighted by atomic mass is 31.1. The van der Waals surface area contributed by atoms with Crippen molar-refractivity contribution in [1.82, 2.24) is 9.97 Å². The molecule has 11 rings (SSSR count). The van der Waals surface area contributed by atoms with E-state index in [2.05, 4.69) is 101 Å². The lowest BCUT2D eigenvalue weighted by Gasteiger charge is -2.68. The van der Waals surface area contributed by atoms with Crippen molar-refractivity contribution in [3.05, 3.63) is 70.5 Å². The monoisotopic (exact) mass is 700 g/mol. The van der Waals surface area contributed by atoms with Crippen molar-refractivity contribution in [3.8, 4) is 0 Å². The average Bonchev–Trinajstić information content (AvgIpc) is 3.75. The molecule has 2 heterocycles. The van der Waals surface area contributed by atoms with Crippen LogP contribution in [-0.2, 0) is 5.16 Å². The zero-order valence-electron chi connectivity index (χ0n) is 30.3. The molecule has 8 fully saturated rings. The summed E-state index contributed by atoms with van der Waals surface area (Å²) in [5.74, 6) is 6.25. The van der Waals surface area contributed by atoms with E-state index in [0.717, 1.165) is 35.5 Å². The van der Waals surface area contributed by atoms with E-state index in [1.165, 1.54) is 17.5 Å². The van der Waals surface area contributed by atoms with Crippen LogP contribution in [0.3, 0.4) is 0 Å². The van der Waals surface area contributed by atoms with E-state index in [0.29, 0.717) is 15.9 Å². The van der Waals surface area contributed by atoms with Gasteiger partial charge in [-0.15, -0.1) is 9.24 Å². The van der Waals surface area contributed by atoms with Crippen LogP contribution in [-0.4, -0.2) is 42.6 Å². The van der Waals surface area contributed by atoms with Crippen LogP contribution in [0.4, 0.5) is 0 Å². The van der Waals surface area contributed by atoms with Gasteiger partial charge in [0, 0.05) is 23.8 Å². The number of rotatable bonds is 9. The van der Waals surface area contributed by atoms with Gasteiger partial charge in [-0.3, -0.25) is 0 Å². The first-order valence-electron chi connectivity index (χ1n) is 19.6. The molecule has 2 atom stereocenters. The van der Waals surface area contributed by atoms with E-state index in [1.54, 1.807) is 82.6 Å². The minimum Gasteiger partial charge on any atom is -0.364 e. The standard InChI is InChI=1S/C41H62N2P2Si2/c1-46(2,3)35-19-34(41(44,36-9-7-11-42-36)37-10-8-12-43-37)33(38(35)47(4,5)6)26-45(39-20-27-13-28(21-39)15-29(14-27)22-39)40-23-30-16-31(24-40)18-32(17-30)25-40/h7-12,19,27-32,38,42-43H,13-18,20-26,44H2,1-6H3. The fourth-order valence-corrected chi connectivity index (χ4v) is 26.8. The maximum Gasteiger partial charge on any atom is 0.0888 e. The number of aromatic nitrogens is 2. The predicted molar refractivity (Wildman–Crippen MR) is 211 cm³/mol. The molecule has 0 saturated heterocycles. The number of aromatic amines is 2. The lowest BCUT2D eigenvalue weighted by atomic mass is 9.55. The van der Waals surface area contributed by atoms with Crippen LogP contribution >= 0.6 is 17.2 Å². The molecular formula is C41H62N2P2Si2. The maximum absolute atomic E-state index is 3.76. The maximum atomic E-state index is 3.76. The Kier molecular flexibility index (Phi) is 7.49. The summed E-state index contributed by atoms with van der Waals surface area (Å²) < 4.78 is 0. The minimum absolute atomic E-state index is 0.121. The highest BCUT2D eigenvalue weighted by Gasteiger charge is 2.63. The fraction of sp³-hybridized carbons (Fsp3) is 0.707. The molecule has 0 amide bonds. The Morgan fingerprint density at radius 2 is 1.11 bits per heavy atom. The second-order valence-corrected chi connectivity index (χ2v) is 34.8. The molecule has 254 valence electrons. The summed E-state index contributed by atoms with van der Waals surface area (Å²) in [6, 6.07) is 9.18. The summed E-state index contributed by atoms with van der Waals surface area (Å²) in [7, 11) is 0.162. The van der Waals surface area contributed by atoms with E-state index in [9.17, 15) is 0 Å². The zero-order chi connectivity index (χ0) is 32.6. The molecular weight excluding hydrogens is 639 g/mol. The molecule has 8 saturated carbocycles. The summed E-state index contributed by atoms with van der Waals surface area (Å²) >= 11 is 0. The van der Waals surface area contributed by atoms with Crippen LogP contribution < -0.4 is 0 Å². The van der Waals surface area contributed by atoms with Gasteiger partial charge in [0.25, 0.3) is 0 Å². The molecule has 2 aromatic heterocycles. The van der Waals surface area contributed by atoms with Gasteiger partial charge in [0.15, 0.2) is 0 Å². The van der Waals surface area contributed by atoms with E-state index >= 15 is 0 Å². The lowest BCUT2D eigenvalue weighted by Crippen LogP contribution is -2.57. The lowest BCUT2D eigenvalue weighted by molar-refractivity contribution is 0.0187. The largest absolute Gasteiger partial charge is 0.364 e. The van der Waals surface area contributed by atoms with Gasteiger partial charge >= 0.3 is 0 Å². The Labute approximate surface area is 291 Å². The van der Waals surface area contributed by atoms with Gasteiger partial charge in [-0.25, -0.2) is 0 Å². The van der Waals surface area contributed by atoms with Crippen LogP contribution in [0.1, 0.15) is 88.4 Å². The first kappa shape index (κ1) is 32.3. The van der Waals surface area contributed by atoms with E-state index in [-0.39, 0.29) is 13.1 Å². The number of hydrogen-bond acceptors (Lipinski definition) is 0. The molecule has 0 radical (unpaired) electrons. The Hall–Kier alpha value is -0.666. The van der Waals surface area contributed by atoms with E-state index < -0.39 is 16.1 Å². The molecule has 0 aliphatic heterocycles. The van der Waals surface area contributed by atoms with Gasteiger partial charge in [-0.1, -0.05) is 64.0 Å². The summed E-state index contributed by atoms with van der Waals surface area (Å²) in [6.07, 6.45) is 27.6. The Morgan fingerprint density at radius 3 is 1.43 bits per heavy atom. The van der Waals surface area contributed by atoms with Crippen LogP contribution in [0.15, 0.2) is 59.1 Å². The first-order chi connectivity index (χ1) is 22.3. The topological polar surface area (TPSA) is 31.6 Å². The van der Waals surface area contributed by atoms with Gasteiger partial charge in [-0.05, 0) is 164 Å². The van der Waals surface area contributed by atoms with Gasteiger partial charge in [-0.2, -0.15) is 0 Å². The molecule has 47 heavy (non-hydrogen) atoms. The normalized spacial score (nSPS) is 40.1. The van der Waals surface area contributed by atoms with E-state index in [4.69, 9.17) is 0 Å². The minimum atomic E-state index is -1.60. The SMILES string of the molecule is C[Si](C)(C)C1=CC(C(P)(c2ccc[nH]2)c2ccc[nH]2)=C(CP(C23CC4CC(CC(C4)C2)C3)C23CC4CC(CC(C4)C2)C3)C1[Si](C)(C)C. The van der Waals surface area contributed by atoms with Crippen molar-refractivity contribution in [2.24, 2.45) is 35.5 Å². The Balaban J connectivity index is 1.26. The Bertz CT molecular complexity index is 1420. The molecule has 8 bridgehead atoms. The van der Waals surface area contributed by atoms with Crippen molar-refractivity contribution in [2.45, 2.75) is 137 Å². The summed E-state index contributed by atoms with van der Waals surface area (Å²) in [4.78, 5) is 7.53. The molecule has 0 aromatic carbocycles. The molecule has 2 N–H and O–H groups in total. The molecule has 6 heteroatoms. The number of nitrogens with one attached hydrogen (secondary N) is 2. The van der Waals surface area contributed by atoms with Gasteiger partial charge < -0.3 is 9.97 Å². The molecule has 2 aromatic rings. The fourth-order valence-electron chi connectivity index (χ4n) is 14.2. The van der Waals surface area contributed by atoms with Crippen LogP contribution in [0.5, 0.6) is 0 Å². The van der Waals surface area contributed by atoms with Crippen LogP contribution in [0, 0.1) is 35.5 Å². The highest BCUT2D eigenvalue weighted by molar-refractivity contribution is 7.61. The Morgan fingerprint density at radius 1 is 0.702 bits per heavy atom. The zero-order valence-corrected chi connectivity index (χ0v) is 34.3. The molecule has 2 nitrogen and oxygen atoms in total. The molecule has 0 spiro atoms. The summed E-state index contributed by atoms with van der Waals surface area (Å²) in [5.41, 5.74) is 6.93. The molecule has 9 aliphatic carbocycles. The highest BCUT2D eigenvalue weighted by Crippen LogP contribution is 2.80. The smallest absolute Gasteiger partial charge is 0.0888 e. The summed E-state index contributed by atoms with van der Waals surface area (Å²) in [6.45, 7) is 16.1. The van der Waals surface area contributed by atoms with E-state index in [1.807, 2.05) is 10.8 Å². The van der Waals surface area contributed by atoms with Crippen molar-refractivity contribution in [2.75, 3.05) is 6.16 Å². The number of allylic oxidation sites excluding steroid dienone is 4. The second kappa shape index (κ2) is 10.9. The number of H-pyrrole nitrogens is 2.